The molecule has 0 spiro atoms. The number of carbonyl (C=O) groups is 2. The maximum Gasteiger partial charge on any atom is 0.248 e. The first-order chi connectivity index (χ1) is 16.3. The van der Waals surface area contributed by atoms with E-state index in [0.717, 1.165) is 48.9 Å². The second kappa shape index (κ2) is 10.00. The Balaban J connectivity index is 1.29. The van der Waals surface area contributed by atoms with Gasteiger partial charge < -0.3 is 19.5 Å². The van der Waals surface area contributed by atoms with Gasteiger partial charge in [-0.25, -0.2) is 0 Å². The Kier molecular flexibility index (Phi) is 6.87. The van der Waals surface area contributed by atoms with Gasteiger partial charge in [-0.1, -0.05) is 51.1 Å². The van der Waals surface area contributed by atoms with E-state index in [0.29, 0.717) is 5.76 Å². The van der Waals surface area contributed by atoms with Crippen LogP contribution in [-0.4, -0.2) is 42.9 Å². The standard InChI is InChI=1S/C28H31N3O3/c1-28(2,3)27(33)31-19-17-30(18-20-31)23-11-9-22(10-12-23)29-26(32)16-14-24-13-15-25(34-24)21-7-5-4-6-8-21/h4-16H,17-20H2,1-3H3,(H,29,32)/b16-14+. The number of anilines is 2. The van der Waals surface area contributed by atoms with Crippen LogP contribution >= 0.6 is 0 Å². The van der Waals surface area contributed by atoms with Crippen LogP contribution in [0.5, 0.6) is 0 Å². The van der Waals surface area contributed by atoms with Crippen LogP contribution in [0.2, 0.25) is 0 Å². The fourth-order valence-electron chi connectivity index (χ4n) is 3.94. The van der Waals surface area contributed by atoms with Crippen LogP contribution in [0.25, 0.3) is 17.4 Å². The van der Waals surface area contributed by atoms with Crippen molar-refractivity contribution in [2.75, 3.05) is 36.4 Å². The molecule has 0 atom stereocenters. The van der Waals surface area contributed by atoms with Gasteiger partial charge in [0, 0.05) is 54.6 Å². The van der Waals surface area contributed by atoms with Crippen LogP contribution in [0.1, 0.15) is 26.5 Å². The van der Waals surface area contributed by atoms with Crippen LogP contribution in [0.4, 0.5) is 11.4 Å². The fraction of sp³-hybridized carbons (Fsp3) is 0.286. The molecule has 6 nitrogen and oxygen atoms in total. The number of nitrogens with zero attached hydrogens (tertiary/aromatic N) is 2. The second-order valence-electron chi connectivity index (χ2n) is 9.47. The highest BCUT2D eigenvalue weighted by Crippen LogP contribution is 2.24. The molecular formula is C28H31N3O3. The monoisotopic (exact) mass is 457 g/mol. The van der Waals surface area contributed by atoms with E-state index < -0.39 is 0 Å². The van der Waals surface area contributed by atoms with Crippen molar-refractivity contribution >= 4 is 29.3 Å². The summed E-state index contributed by atoms with van der Waals surface area (Å²) in [6, 6.07) is 21.4. The highest BCUT2D eigenvalue weighted by Gasteiger charge is 2.29. The van der Waals surface area contributed by atoms with E-state index in [9.17, 15) is 9.59 Å². The minimum atomic E-state index is -0.350. The Hall–Kier alpha value is -3.80. The van der Waals surface area contributed by atoms with E-state index in [1.807, 2.05) is 92.4 Å². The molecule has 0 saturated carbocycles. The van der Waals surface area contributed by atoms with Crippen LogP contribution < -0.4 is 10.2 Å². The highest BCUT2D eigenvalue weighted by atomic mass is 16.3. The van der Waals surface area contributed by atoms with Gasteiger partial charge in [0.15, 0.2) is 0 Å². The van der Waals surface area contributed by atoms with Crippen molar-refractivity contribution in [1.29, 1.82) is 0 Å². The summed E-state index contributed by atoms with van der Waals surface area (Å²) in [4.78, 5) is 29.0. The minimum Gasteiger partial charge on any atom is -0.457 e. The lowest BCUT2D eigenvalue weighted by atomic mass is 9.94. The minimum absolute atomic E-state index is 0.198. The van der Waals surface area contributed by atoms with Gasteiger partial charge in [-0.3, -0.25) is 9.59 Å². The summed E-state index contributed by atoms with van der Waals surface area (Å²) in [5.74, 6) is 1.36. The number of hydrogen-bond acceptors (Lipinski definition) is 4. The van der Waals surface area contributed by atoms with Crippen LogP contribution in [0, 0.1) is 5.41 Å². The van der Waals surface area contributed by atoms with Gasteiger partial charge in [0.05, 0.1) is 0 Å². The Morgan fingerprint density at radius 2 is 1.56 bits per heavy atom. The third-order valence-electron chi connectivity index (χ3n) is 5.79. The van der Waals surface area contributed by atoms with Gasteiger partial charge in [-0.15, -0.1) is 0 Å². The van der Waals surface area contributed by atoms with Crippen molar-refractivity contribution in [2.45, 2.75) is 20.8 Å². The molecule has 6 heteroatoms. The summed E-state index contributed by atoms with van der Waals surface area (Å²) in [7, 11) is 0. The van der Waals surface area contributed by atoms with E-state index in [1.165, 1.54) is 6.08 Å². The molecule has 1 N–H and O–H groups in total. The predicted octanol–water partition coefficient (Wildman–Crippen LogP) is 5.29. The number of benzene rings is 2. The average Bonchev–Trinajstić information content (AvgIpc) is 3.32. The van der Waals surface area contributed by atoms with Crippen LogP contribution in [0.15, 0.2) is 77.2 Å². The molecular weight excluding hydrogens is 426 g/mol. The molecule has 176 valence electrons. The number of rotatable bonds is 5. The third-order valence-corrected chi connectivity index (χ3v) is 5.79. The van der Waals surface area contributed by atoms with Gasteiger partial charge in [0.25, 0.3) is 0 Å². The summed E-state index contributed by atoms with van der Waals surface area (Å²) in [6.45, 7) is 8.91. The molecule has 1 aliphatic rings. The van der Waals surface area contributed by atoms with Gasteiger partial charge in [0.2, 0.25) is 11.8 Å². The molecule has 4 rings (SSSR count). The summed E-state index contributed by atoms with van der Waals surface area (Å²) in [5.41, 5.74) is 2.45. The summed E-state index contributed by atoms with van der Waals surface area (Å²) < 4.78 is 5.80. The average molecular weight is 458 g/mol. The molecule has 2 heterocycles. The first-order valence-corrected chi connectivity index (χ1v) is 11.6. The first kappa shape index (κ1) is 23.4. The molecule has 2 amide bonds. The molecule has 1 fully saturated rings. The lowest BCUT2D eigenvalue weighted by Crippen LogP contribution is -2.51. The molecule has 2 aromatic carbocycles. The normalized spacial score (nSPS) is 14.4. The summed E-state index contributed by atoms with van der Waals surface area (Å²) in [6.07, 6.45) is 3.13. The Bertz CT molecular complexity index is 1150. The largest absolute Gasteiger partial charge is 0.457 e. The highest BCUT2D eigenvalue weighted by molar-refractivity contribution is 6.01. The molecule has 0 bridgehead atoms. The number of piperazine rings is 1. The number of amides is 2. The van der Waals surface area contributed by atoms with E-state index in [2.05, 4.69) is 10.2 Å². The predicted molar refractivity (Wildman–Crippen MR) is 136 cm³/mol. The molecule has 3 aromatic rings. The Labute approximate surface area is 200 Å². The number of hydrogen-bond donors (Lipinski definition) is 1. The van der Waals surface area contributed by atoms with Gasteiger partial charge in [-0.2, -0.15) is 0 Å². The van der Waals surface area contributed by atoms with E-state index in [1.54, 1.807) is 6.08 Å². The molecule has 34 heavy (non-hydrogen) atoms. The van der Waals surface area contributed by atoms with Gasteiger partial charge in [0.1, 0.15) is 11.5 Å². The molecule has 1 saturated heterocycles. The lowest BCUT2D eigenvalue weighted by Gasteiger charge is -2.38. The summed E-state index contributed by atoms with van der Waals surface area (Å²) in [5, 5.41) is 2.88. The smallest absolute Gasteiger partial charge is 0.248 e. The number of furan rings is 1. The second-order valence-corrected chi connectivity index (χ2v) is 9.47. The van der Waals surface area contributed by atoms with E-state index in [4.69, 9.17) is 4.42 Å². The van der Waals surface area contributed by atoms with Crippen molar-refractivity contribution in [3.8, 4) is 11.3 Å². The van der Waals surface area contributed by atoms with Crippen molar-refractivity contribution in [1.82, 2.24) is 4.90 Å². The zero-order valence-electron chi connectivity index (χ0n) is 20.0. The van der Waals surface area contributed by atoms with Crippen LogP contribution in [0.3, 0.4) is 0 Å². The number of carbonyl (C=O) groups excluding carboxylic acids is 2. The Morgan fingerprint density at radius 1 is 0.882 bits per heavy atom. The fourth-order valence-corrected chi connectivity index (χ4v) is 3.94. The van der Waals surface area contributed by atoms with Crippen molar-refractivity contribution in [3.63, 3.8) is 0 Å². The molecule has 1 aliphatic heterocycles. The van der Waals surface area contributed by atoms with Gasteiger partial charge >= 0.3 is 0 Å². The molecule has 1 aromatic heterocycles. The molecule has 0 unspecified atom stereocenters. The van der Waals surface area contributed by atoms with Crippen molar-refractivity contribution < 1.29 is 14.0 Å². The maximum atomic E-state index is 12.5. The Morgan fingerprint density at radius 3 is 2.21 bits per heavy atom. The lowest BCUT2D eigenvalue weighted by molar-refractivity contribution is -0.139. The maximum absolute atomic E-state index is 12.5. The third kappa shape index (κ3) is 5.76. The van der Waals surface area contributed by atoms with Crippen molar-refractivity contribution in [3.05, 3.63) is 78.6 Å². The van der Waals surface area contributed by atoms with Crippen LogP contribution in [-0.2, 0) is 9.59 Å². The zero-order valence-corrected chi connectivity index (χ0v) is 20.0. The number of nitrogens with one attached hydrogen (secondary N) is 1. The SMILES string of the molecule is CC(C)(C)C(=O)N1CCN(c2ccc(NC(=O)/C=C/c3ccc(-c4ccccc4)o3)cc2)CC1. The molecule has 0 aliphatic carbocycles. The van der Waals surface area contributed by atoms with Gasteiger partial charge in [-0.05, 0) is 42.5 Å². The van der Waals surface area contributed by atoms with E-state index in [-0.39, 0.29) is 17.2 Å². The first-order valence-electron chi connectivity index (χ1n) is 11.6. The zero-order chi connectivity index (χ0) is 24.1. The topological polar surface area (TPSA) is 65.8 Å². The molecule has 0 radical (unpaired) electrons. The summed E-state index contributed by atoms with van der Waals surface area (Å²) >= 11 is 0. The van der Waals surface area contributed by atoms with Crippen molar-refractivity contribution in [2.24, 2.45) is 5.41 Å². The van der Waals surface area contributed by atoms with E-state index >= 15 is 0 Å². The quantitative estimate of drug-likeness (QED) is 0.529.